The highest BCUT2D eigenvalue weighted by molar-refractivity contribution is 7.99. The number of aromatic nitrogens is 3. The van der Waals surface area contributed by atoms with Crippen LogP contribution in [0.5, 0.6) is 0 Å². The number of aryl methyl sites for hydroxylation is 2. The van der Waals surface area contributed by atoms with Crippen molar-refractivity contribution in [3.05, 3.63) is 45.0 Å². The van der Waals surface area contributed by atoms with E-state index >= 15 is 0 Å². The van der Waals surface area contributed by atoms with Gasteiger partial charge < -0.3 is 10.1 Å². The van der Waals surface area contributed by atoms with Gasteiger partial charge in [-0.05, 0) is 44.2 Å². The molecule has 0 aromatic carbocycles. The number of rotatable bonds is 8. The number of ether oxygens (including phenoxy) is 1. The summed E-state index contributed by atoms with van der Waals surface area (Å²) in [5.74, 6) is 0.325. The first-order valence-electron chi connectivity index (χ1n) is 10.3. The second kappa shape index (κ2) is 10.0. The zero-order valence-electron chi connectivity index (χ0n) is 18.0. The van der Waals surface area contributed by atoms with E-state index in [2.05, 4.69) is 28.2 Å². The van der Waals surface area contributed by atoms with E-state index in [4.69, 9.17) is 4.74 Å². The normalized spacial score (nSPS) is 12.9. The molecule has 4 rings (SSSR count). The van der Waals surface area contributed by atoms with Crippen molar-refractivity contribution in [3.8, 4) is 11.4 Å². The molecule has 1 N–H and O–H groups in total. The standard InChI is InChI=1S/C22H24N4O3S3/c1-4-9-26-19(14-10-13(2)30-11-14)24-25-22(26)31-12-17(27)23-20-18(21(28)29-3)15-7-5-6-8-16(15)32-20/h4,10-11H,1,5-9,12H2,2-3H3,(H,23,27). The SMILES string of the molecule is C=CCn1c(SCC(=O)Nc2sc3c(c2C(=O)OC)CCCC3)nnc1-c1csc(C)c1. The van der Waals surface area contributed by atoms with Gasteiger partial charge in [-0.1, -0.05) is 17.8 Å². The topological polar surface area (TPSA) is 86.1 Å². The third kappa shape index (κ3) is 4.67. The highest BCUT2D eigenvalue weighted by Crippen LogP contribution is 2.38. The van der Waals surface area contributed by atoms with Gasteiger partial charge in [-0.2, -0.15) is 0 Å². The van der Waals surface area contributed by atoms with Crippen LogP contribution in [0.3, 0.4) is 0 Å². The van der Waals surface area contributed by atoms with E-state index in [1.54, 1.807) is 17.4 Å². The summed E-state index contributed by atoms with van der Waals surface area (Å²) in [4.78, 5) is 27.5. The molecule has 3 aromatic heterocycles. The van der Waals surface area contributed by atoms with Gasteiger partial charge in [0, 0.05) is 27.2 Å². The highest BCUT2D eigenvalue weighted by atomic mass is 32.2. The molecule has 0 aliphatic heterocycles. The van der Waals surface area contributed by atoms with Gasteiger partial charge in [0.15, 0.2) is 11.0 Å². The Morgan fingerprint density at radius 3 is 2.88 bits per heavy atom. The molecule has 3 aromatic rings. The van der Waals surface area contributed by atoms with Gasteiger partial charge in [0.25, 0.3) is 0 Å². The molecular formula is C22H24N4O3S3. The number of carbonyl (C=O) groups excluding carboxylic acids is 2. The van der Waals surface area contributed by atoms with Crippen LogP contribution in [0.15, 0.2) is 29.3 Å². The number of methoxy groups -OCH3 is 1. The quantitative estimate of drug-likeness (QED) is 0.274. The number of nitrogens with zero attached hydrogens (tertiary/aromatic N) is 3. The molecule has 1 amide bonds. The van der Waals surface area contributed by atoms with Crippen molar-refractivity contribution in [2.45, 2.75) is 44.3 Å². The van der Waals surface area contributed by atoms with Crippen molar-refractivity contribution in [3.63, 3.8) is 0 Å². The number of fused-ring (bicyclic) bond motifs is 1. The summed E-state index contributed by atoms with van der Waals surface area (Å²) < 4.78 is 6.94. The molecule has 0 atom stereocenters. The lowest BCUT2D eigenvalue weighted by Crippen LogP contribution is -2.17. The van der Waals surface area contributed by atoms with Crippen LogP contribution in [0.2, 0.25) is 0 Å². The van der Waals surface area contributed by atoms with Crippen molar-refractivity contribution in [1.82, 2.24) is 14.8 Å². The van der Waals surface area contributed by atoms with Crippen LogP contribution in [0.25, 0.3) is 11.4 Å². The van der Waals surface area contributed by atoms with Crippen LogP contribution in [0, 0.1) is 6.92 Å². The van der Waals surface area contributed by atoms with Gasteiger partial charge in [-0.15, -0.1) is 39.4 Å². The minimum absolute atomic E-state index is 0.154. The minimum atomic E-state index is -0.395. The summed E-state index contributed by atoms with van der Waals surface area (Å²) in [7, 11) is 1.37. The van der Waals surface area contributed by atoms with Crippen molar-refractivity contribution < 1.29 is 14.3 Å². The van der Waals surface area contributed by atoms with Crippen LogP contribution in [-0.4, -0.2) is 39.5 Å². The van der Waals surface area contributed by atoms with E-state index < -0.39 is 5.97 Å². The largest absolute Gasteiger partial charge is 0.465 e. The van der Waals surface area contributed by atoms with Crippen molar-refractivity contribution in [2.75, 3.05) is 18.2 Å². The Hall–Kier alpha value is -2.43. The fraction of sp³-hybridized carbons (Fsp3) is 0.364. The average Bonchev–Trinajstić information content (AvgIpc) is 3.48. The Balaban J connectivity index is 1.49. The van der Waals surface area contributed by atoms with E-state index in [0.29, 0.717) is 22.3 Å². The number of nitrogens with one attached hydrogen (secondary N) is 1. The summed E-state index contributed by atoms with van der Waals surface area (Å²) in [6.45, 7) is 6.42. The number of anilines is 1. The summed E-state index contributed by atoms with van der Waals surface area (Å²) in [5, 5.41) is 14.8. The first-order chi connectivity index (χ1) is 15.5. The Labute approximate surface area is 198 Å². The smallest absolute Gasteiger partial charge is 0.341 e. The number of thiophene rings is 2. The van der Waals surface area contributed by atoms with E-state index in [9.17, 15) is 9.59 Å². The van der Waals surface area contributed by atoms with E-state index in [-0.39, 0.29) is 11.7 Å². The lowest BCUT2D eigenvalue weighted by molar-refractivity contribution is -0.113. The Kier molecular flexibility index (Phi) is 7.12. The van der Waals surface area contributed by atoms with E-state index in [1.807, 2.05) is 16.9 Å². The number of esters is 1. The molecule has 0 spiro atoms. The van der Waals surface area contributed by atoms with Gasteiger partial charge in [0.2, 0.25) is 5.91 Å². The molecule has 10 heteroatoms. The average molecular weight is 489 g/mol. The highest BCUT2D eigenvalue weighted by Gasteiger charge is 2.27. The summed E-state index contributed by atoms with van der Waals surface area (Å²) >= 11 is 4.45. The number of thioether (sulfide) groups is 1. The maximum absolute atomic E-state index is 12.8. The monoisotopic (exact) mass is 488 g/mol. The maximum atomic E-state index is 12.8. The van der Waals surface area contributed by atoms with Crippen molar-refractivity contribution in [1.29, 1.82) is 0 Å². The molecule has 1 aliphatic carbocycles. The fourth-order valence-corrected chi connectivity index (χ4v) is 6.45. The Morgan fingerprint density at radius 2 is 2.16 bits per heavy atom. The zero-order chi connectivity index (χ0) is 22.7. The number of hydrogen-bond acceptors (Lipinski definition) is 8. The molecule has 0 unspecified atom stereocenters. The summed E-state index contributed by atoms with van der Waals surface area (Å²) in [6, 6.07) is 2.07. The predicted molar refractivity (Wildman–Crippen MR) is 130 cm³/mol. The molecule has 0 bridgehead atoms. The molecule has 3 heterocycles. The lowest BCUT2D eigenvalue weighted by atomic mass is 9.95. The predicted octanol–water partition coefficient (Wildman–Crippen LogP) is 4.96. The van der Waals surface area contributed by atoms with Crippen LogP contribution >= 0.6 is 34.4 Å². The first kappa shape index (κ1) is 22.8. The fourth-order valence-electron chi connectivity index (χ4n) is 3.73. The van der Waals surface area contributed by atoms with Crippen LogP contribution < -0.4 is 5.32 Å². The molecule has 0 saturated heterocycles. The van der Waals surface area contributed by atoms with Gasteiger partial charge in [0.05, 0.1) is 18.4 Å². The van der Waals surface area contributed by atoms with Crippen molar-refractivity contribution >= 4 is 51.3 Å². The van der Waals surface area contributed by atoms with Crippen molar-refractivity contribution in [2.24, 2.45) is 0 Å². The number of allylic oxidation sites excluding steroid dienone is 1. The molecule has 1 aliphatic rings. The van der Waals surface area contributed by atoms with Crippen LogP contribution in [0.4, 0.5) is 5.00 Å². The van der Waals surface area contributed by atoms with Crippen LogP contribution in [0.1, 0.15) is 38.5 Å². The second-order valence-corrected chi connectivity index (χ2v) is 10.6. The lowest BCUT2D eigenvalue weighted by Gasteiger charge is -2.11. The minimum Gasteiger partial charge on any atom is -0.465 e. The van der Waals surface area contributed by atoms with E-state index in [0.717, 1.165) is 42.6 Å². The third-order valence-corrected chi connectivity index (χ3v) is 8.20. The summed E-state index contributed by atoms with van der Waals surface area (Å²) in [5.41, 5.74) is 2.54. The first-order valence-corrected chi connectivity index (χ1v) is 12.9. The third-order valence-electron chi connectivity index (χ3n) is 5.16. The number of carbonyl (C=O) groups is 2. The molecule has 168 valence electrons. The zero-order valence-corrected chi connectivity index (χ0v) is 20.4. The van der Waals surface area contributed by atoms with Gasteiger partial charge >= 0.3 is 5.97 Å². The molecule has 32 heavy (non-hydrogen) atoms. The van der Waals surface area contributed by atoms with Gasteiger partial charge in [-0.25, -0.2) is 4.79 Å². The van der Waals surface area contributed by atoms with Gasteiger partial charge in [0.1, 0.15) is 5.00 Å². The number of hydrogen-bond donors (Lipinski definition) is 1. The molecule has 0 radical (unpaired) electrons. The maximum Gasteiger partial charge on any atom is 0.341 e. The van der Waals surface area contributed by atoms with Gasteiger partial charge in [-0.3, -0.25) is 9.36 Å². The molecule has 7 nitrogen and oxygen atoms in total. The molecular weight excluding hydrogens is 464 g/mol. The summed E-state index contributed by atoms with van der Waals surface area (Å²) in [6.07, 6.45) is 5.71. The Morgan fingerprint density at radius 1 is 1.34 bits per heavy atom. The Bertz CT molecular complexity index is 1160. The molecule has 0 saturated carbocycles. The van der Waals surface area contributed by atoms with E-state index in [1.165, 1.54) is 40.0 Å². The molecule has 0 fully saturated rings. The number of amides is 1. The second-order valence-electron chi connectivity index (χ2n) is 7.39. The van der Waals surface area contributed by atoms with Crippen LogP contribution in [-0.2, 0) is 28.9 Å².